The zero-order chi connectivity index (χ0) is 14.5. The van der Waals surface area contributed by atoms with Gasteiger partial charge in [-0.1, -0.05) is 71.1 Å². The Bertz CT molecular complexity index is 202. The van der Waals surface area contributed by atoms with E-state index in [4.69, 9.17) is 10.5 Å². The average molecular weight is 284 g/mol. The second-order valence-corrected chi connectivity index (χ2v) is 6.70. The summed E-state index contributed by atoms with van der Waals surface area (Å²) in [5.41, 5.74) is 6.21. The van der Waals surface area contributed by atoms with Crippen molar-refractivity contribution in [3.63, 3.8) is 0 Å². The summed E-state index contributed by atoms with van der Waals surface area (Å²) in [6, 6.07) is 0.413. The van der Waals surface area contributed by atoms with Crippen LogP contribution < -0.4 is 5.73 Å². The highest BCUT2D eigenvalue weighted by molar-refractivity contribution is 4.71. The van der Waals surface area contributed by atoms with E-state index >= 15 is 0 Å². The Morgan fingerprint density at radius 2 is 1.55 bits per heavy atom. The van der Waals surface area contributed by atoms with E-state index in [1.165, 1.54) is 83.5 Å². The molecule has 120 valence electrons. The highest BCUT2D eigenvalue weighted by atomic mass is 16.5. The van der Waals surface area contributed by atoms with E-state index in [2.05, 4.69) is 6.92 Å². The van der Waals surface area contributed by atoms with E-state index < -0.39 is 0 Å². The van der Waals surface area contributed by atoms with Gasteiger partial charge in [0.1, 0.15) is 0 Å². The largest absolute Gasteiger partial charge is 0.381 e. The van der Waals surface area contributed by atoms with Crippen molar-refractivity contribution < 1.29 is 4.74 Å². The molecule has 0 aliphatic carbocycles. The van der Waals surface area contributed by atoms with Crippen LogP contribution in [0, 0.1) is 5.92 Å². The predicted octanol–water partition coefficient (Wildman–Crippen LogP) is 5.05. The third kappa shape index (κ3) is 9.77. The van der Waals surface area contributed by atoms with Crippen LogP contribution in [0.1, 0.15) is 90.4 Å². The molecule has 2 heteroatoms. The molecule has 20 heavy (non-hydrogen) atoms. The lowest BCUT2D eigenvalue weighted by Gasteiger charge is -2.15. The molecule has 1 saturated heterocycles. The van der Waals surface area contributed by atoms with Crippen molar-refractivity contribution in [2.24, 2.45) is 11.7 Å². The van der Waals surface area contributed by atoms with Gasteiger partial charge in [-0.2, -0.15) is 0 Å². The summed E-state index contributed by atoms with van der Waals surface area (Å²) >= 11 is 0. The van der Waals surface area contributed by atoms with Gasteiger partial charge in [-0.15, -0.1) is 0 Å². The molecule has 0 bridgehead atoms. The van der Waals surface area contributed by atoms with Gasteiger partial charge in [-0.3, -0.25) is 0 Å². The molecular formula is C18H37NO. The van der Waals surface area contributed by atoms with Crippen molar-refractivity contribution >= 4 is 0 Å². The molecule has 0 aromatic heterocycles. The lowest BCUT2D eigenvalue weighted by molar-refractivity contribution is 0.182. The van der Waals surface area contributed by atoms with Gasteiger partial charge in [0, 0.05) is 19.3 Å². The van der Waals surface area contributed by atoms with Crippen molar-refractivity contribution in [1.29, 1.82) is 0 Å². The summed E-state index contributed by atoms with van der Waals surface area (Å²) in [6.07, 6.45) is 17.7. The van der Waals surface area contributed by atoms with E-state index in [-0.39, 0.29) is 0 Å². The average Bonchev–Trinajstić information content (AvgIpc) is 2.93. The minimum absolute atomic E-state index is 0.413. The molecule has 2 atom stereocenters. The lowest BCUT2D eigenvalue weighted by Crippen LogP contribution is -2.23. The quantitative estimate of drug-likeness (QED) is 0.480. The maximum atomic E-state index is 6.21. The minimum Gasteiger partial charge on any atom is -0.381 e. The van der Waals surface area contributed by atoms with Gasteiger partial charge in [0.05, 0.1) is 0 Å². The molecule has 1 rings (SSSR count). The van der Waals surface area contributed by atoms with Gasteiger partial charge < -0.3 is 10.5 Å². The van der Waals surface area contributed by atoms with Crippen molar-refractivity contribution in [2.45, 2.75) is 96.4 Å². The van der Waals surface area contributed by atoms with Crippen LogP contribution in [0.5, 0.6) is 0 Å². The highest BCUT2D eigenvalue weighted by Crippen LogP contribution is 2.20. The molecule has 0 amide bonds. The number of unbranched alkanes of at least 4 members (excludes halogenated alkanes) is 9. The molecule has 1 heterocycles. The number of nitrogens with two attached hydrogens (primary N) is 1. The molecule has 2 unspecified atom stereocenters. The van der Waals surface area contributed by atoms with Crippen molar-refractivity contribution in [3.8, 4) is 0 Å². The van der Waals surface area contributed by atoms with Crippen LogP contribution in [0.4, 0.5) is 0 Å². The summed E-state index contributed by atoms with van der Waals surface area (Å²) in [5, 5.41) is 0. The standard InChI is InChI=1S/C18H37NO/c1-2-3-4-5-6-7-8-9-10-11-12-18(19)15-17-13-14-20-16-17/h17-18H,2-16,19H2,1H3. The first-order valence-corrected chi connectivity index (χ1v) is 9.16. The molecule has 0 spiro atoms. The van der Waals surface area contributed by atoms with Crippen LogP contribution in [0.2, 0.25) is 0 Å². The van der Waals surface area contributed by atoms with Gasteiger partial charge in [-0.25, -0.2) is 0 Å². The topological polar surface area (TPSA) is 35.2 Å². The predicted molar refractivity (Wildman–Crippen MR) is 88.0 cm³/mol. The molecule has 2 nitrogen and oxygen atoms in total. The van der Waals surface area contributed by atoms with Crippen LogP contribution in [0.25, 0.3) is 0 Å². The summed E-state index contributed by atoms with van der Waals surface area (Å²) in [5.74, 6) is 0.744. The van der Waals surface area contributed by atoms with Crippen LogP contribution >= 0.6 is 0 Å². The first-order chi connectivity index (χ1) is 9.83. The van der Waals surface area contributed by atoms with Crippen molar-refractivity contribution in [2.75, 3.05) is 13.2 Å². The number of hydrogen-bond acceptors (Lipinski definition) is 2. The Morgan fingerprint density at radius 1 is 0.950 bits per heavy atom. The van der Waals surface area contributed by atoms with Gasteiger partial charge in [0.2, 0.25) is 0 Å². The maximum absolute atomic E-state index is 6.21. The van der Waals surface area contributed by atoms with Gasteiger partial charge in [-0.05, 0) is 25.2 Å². The first kappa shape index (κ1) is 18.0. The van der Waals surface area contributed by atoms with E-state index in [0.717, 1.165) is 19.1 Å². The van der Waals surface area contributed by atoms with E-state index in [9.17, 15) is 0 Å². The maximum Gasteiger partial charge on any atom is 0.0495 e. The van der Waals surface area contributed by atoms with E-state index in [1.54, 1.807) is 0 Å². The molecule has 2 N–H and O–H groups in total. The Hall–Kier alpha value is -0.0800. The molecule has 1 aliphatic rings. The third-order valence-electron chi connectivity index (χ3n) is 4.59. The fourth-order valence-corrected chi connectivity index (χ4v) is 3.21. The smallest absolute Gasteiger partial charge is 0.0495 e. The second-order valence-electron chi connectivity index (χ2n) is 6.70. The monoisotopic (exact) mass is 283 g/mol. The summed E-state index contributed by atoms with van der Waals surface area (Å²) in [6.45, 7) is 4.19. The van der Waals surface area contributed by atoms with Crippen LogP contribution in [-0.4, -0.2) is 19.3 Å². The fourth-order valence-electron chi connectivity index (χ4n) is 3.21. The van der Waals surface area contributed by atoms with E-state index in [1.807, 2.05) is 0 Å². The molecule has 0 radical (unpaired) electrons. The number of hydrogen-bond donors (Lipinski definition) is 1. The molecule has 1 fully saturated rings. The Balaban J connectivity index is 1.77. The minimum atomic E-state index is 0.413. The van der Waals surface area contributed by atoms with Crippen LogP contribution in [-0.2, 0) is 4.74 Å². The third-order valence-corrected chi connectivity index (χ3v) is 4.59. The van der Waals surface area contributed by atoms with Gasteiger partial charge in [0.15, 0.2) is 0 Å². The lowest BCUT2D eigenvalue weighted by atomic mass is 9.96. The Kier molecular flexibility index (Phi) is 11.4. The van der Waals surface area contributed by atoms with Gasteiger partial charge >= 0.3 is 0 Å². The molecule has 0 saturated carbocycles. The van der Waals surface area contributed by atoms with Crippen molar-refractivity contribution in [3.05, 3.63) is 0 Å². The molecule has 0 aromatic carbocycles. The normalized spacial score (nSPS) is 20.4. The van der Waals surface area contributed by atoms with Crippen LogP contribution in [0.15, 0.2) is 0 Å². The van der Waals surface area contributed by atoms with Crippen molar-refractivity contribution in [1.82, 2.24) is 0 Å². The molecule has 1 aliphatic heterocycles. The summed E-state index contributed by atoms with van der Waals surface area (Å²) in [4.78, 5) is 0. The Morgan fingerprint density at radius 3 is 2.10 bits per heavy atom. The number of ether oxygens (including phenoxy) is 1. The second kappa shape index (κ2) is 12.6. The van der Waals surface area contributed by atoms with Gasteiger partial charge in [0.25, 0.3) is 0 Å². The SMILES string of the molecule is CCCCCCCCCCCCC(N)CC1CCOC1. The van der Waals surface area contributed by atoms with Crippen LogP contribution in [0.3, 0.4) is 0 Å². The zero-order valence-corrected chi connectivity index (χ0v) is 13.7. The summed E-state index contributed by atoms with van der Waals surface area (Å²) < 4.78 is 5.41. The summed E-state index contributed by atoms with van der Waals surface area (Å²) in [7, 11) is 0. The first-order valence-electron chi connectivity index (χ1n) is 9.16. The highest BCUT2D eigenvalue weighted by Gasteiger charge is 2.18. The number of rotatable bonds is 13. The van der Waals surface area contributed by atoms with E-state index in [0.29, 0.717) is 6.04 Å². The fraction of sp³-hybridized carbons (Fsp3) is 1.00. The zero-order valence-electron chi connectivity index (χ0n) is 13.7. The Labute approximate surface area is 126 Å². The molecular weight excluding hydrogens is 246 g/mol. The molecule has 0 aromatic rings.